The van der Waals surface area contributed by atoms with Gasteiger partial charge in [0, 0.05) is 24.0 Å². The van der Waals surface area contributed by atoms with Crippen LogP contribution >= 0.6 is 11.3 Å². The van der Waals surface area contributed by atoms with Gasteiger partial charge in [0.05, 0.1) is 29.2 Å². The van der Waals surface area contributed by atoms with E-state index in [9.17, 15) is 9.59 Å². The van der Waals surface area contributed by atoms with E-state index >= 15 is 0 Å². The number of amides is 2. The van der Waals surface area contributed by atoms with Gasteiger partial charge >= 0.3 is 0 Å². The molecule has 28 heavy (non-hydrogen) atoms. The van der Waals surface area contributed by atoms with Crippen LogP contribution in [0.25, 0.3) is 5.69 Å². The van der Waals surface area contributed by atoms with E-state index < -0.39 is 0 Å². The number of aryl methyl sites for hydroxylation is 2. The predicted molar refractivity (Wildman–Crippen MR) is 109 cm³/mol. The number of nitrogens with zero attached hydrogens (tertiary/aromatic N) is 4. The molecule has 0 atom stereocenters. The van der Waals surface area contributed by atoms with Gasteiger partial charge in [-0.1, -0.05) is 12.1 Å². The molecule has 2 amide bonds. The van der Waals surface area contributed by atoms with Gasteiger partial charge in [-0.05, 0) is 38.5 Å². The quantitative estimate of drug-likeness (QED) is 0.719. The number of hydrogen-bond donors (Lipinski definition) is 1. The largest absolute Gasteiger partial charge is 0.324 e. The molecule has 0 radical (unpaired) electrons. The van der Waals surface area contributed by atoms with Gasteiger partial charge in [-0.3, -0.25) is 14.5 Å². The second-order valence-corrected chi connectivity index (χ2v) is 7.69. The average Bonchev–Trinajstić information content (AvgIpc) is 3.36. The van der Waals surface area contributed by atoms with Gasteiger partial charge in [0.15, 0.2) is 5.13 Å². The molecule has 1 fully saturated rings. The summed E-state index contributed by atoms with van der Waals surface area (Å²) in [4.78, 5) is 30.6. The number of rotatable bonds is 5. The Morgan fingerprint density at radius 3 is 2.82 bits per heavy atom. The van der Waals surface area contributed by atoms with Crippen molar-refractivity contribution >= 4 is 34.0 Å². The normalized spacial score (nSPS) is 13.9. The highest BCUT2D eigenvalue weighted by Crippen LogP contribution is 2.26. The van der Waals surface area contributed by atoms with E-state index in [0.29, 0.717) is 29.5 Å². The monoisotopic (exact) mass is 395 g/mol. The van der Waals surface area contributed by atoms with Crippen LogP contribution in [0.3, 0.4) is 0 Å². The van der Waals surface area contributed by atoms with Crippen molar-refractivity contribution in [2.75, 3.05) is 16.8 Å². The summed E-state index contributed by atoms with van der Waals surface area (Å²) in [5, 5.41) is 9.99. The Labute approximate surface area is 167 Å². The Morgan fingerprint density at radius 1 is 1.29 bits per heavy atom. The second kappa shape index (κ2) is 7.55. The maximum Gasteiger partial charge on any atom is 0.230 e. The van der Waals surface area contributed by atoms with Gasteiger partial charge in [0.1, 0.15) is 0 Å². The number of nitrogens with one attached hydrogen (secondary N) is 1. The summed E-state index contributed by atoms with van der Waals surface area (Å²) in [5.41, 5.74) is 4.11. The van der Waals surface area contributed by atoms with E-state index in [0.717, 1.165) is 23.5 Å². The van der Waals surface area contributed by atoms with Crippen molar-refractivity contribution in [1.82, 2.24) is 14.8 Å². The molecule has 0 saturated carbocycles. The summed E-state index contributed by atoms with van der Waals surface area (Å²) in [6, 6.07) is 9.58. The molecule has 144 valence electrons. The number of aromatic nitrogens is 3. The first-order chi connectivity index (χ1) is 13.5. The van der Waals surface area contributed by atoms with E-state index in [1.165, 1.54) is 11.3 Å². The SMILES string of the molecule is Cc1cc(C)n(-c2ccccc2NC(=O)Cc2csc(N3CCCC3=O)n2)n1. The molecule has 8 heteroatoms. The average molecular weight is 395 g/mol. The van der Waals surface area contributed by atoms with Crippen LogP contribution in [0.2, 0.25) is 0 Å². The van der Waals surface area contributed by atoms with E-state index in [-0.39, 0.29) is 18.2 Å². The molecule has 0 spiro atoms. The molecule has 3 heterocycles. The molecule has 0 unspecified atom stereocenters. The van der Waals surface area contributed by atoms with Crippen molar-refractivity contribution in [2.45, 2.75) is 33.1 Å². The highest BCUT2D eigenvalue weighted by molar-refractivity contribution is 7.14. The molecule has 2 aromatic heterocycles. The standard InChI is InChI=1S/C20H21N5O2S/c1-13-10-14(2)25(23-13)17-7-4-3-6-16(17)22-18(26)11-15-12-28-20(21-15)24-9-5-8-19(24)27/h3-4,6-7,10,12H,5,8-9,11H2,1-2H3,(H,22,26). The van der Waals surface area contributed by atoms with Gasteiger partial charge in [0.25, 0.3) is 0 Å². The molecular weight excluding hydrogens is 374 g/mol. The molecule has 4 rings (SSSR count). The van der Waals surface area contributed by atoms with Crippen molar-refractivity contribution in [2.24, 2.45) is 0 Å². The summed E-state index contributed by atoms with van der Waals surface area (Å²) < 4.78 is 1.82. The molecule has 7 nitrogen and oxygen atoms in total. The Bertz CT molecular complexity index is 1040. The molecule has 3 aromatic rings. The molecule has 1 saturated heterocycles. The van der Waals surface area contributed by atoms with Crippen molar-refractivity contribution in [3.8, 4) is 5.69 Å². The zero-order valence-corrected chi connectivity index (χ0v) is 16.6. The number of benzene rings is 1. The fourth-order valence-corrected chi connectivity index (χ4v) is 4.22. The zero-order valence-electron chi connectivity index (χ0n) is 15.8. The Morgan fingerprint density at radius 2 is 2.11 bits per heavy atom. The first-order valence-corrected chi connectivity index (χ1v) is 10.1. The molecule has 0 bridgehead atoms. The van der Waals surface area contributed by atoms with Crippen LogP contribution in [-0.4, -0.2) is 33.1 Å². The van der Waals surface area contributed by atoms with Crippen LogP contribution in [0.1, 0.15) is 29.9 Å². The Hall–Kier alpha value is -3.00. The van der Waals surface area contributed by atoms with E-state index in [2.05, 4.69) is 15.4 Å². The zero-order chi connectivity index (χ0) is 19.7. The third kappa shape index (κ3) is 3.68. The van der Waals surface area contributed by atoms with Crippen LogP contribution in [-0.2, 0) is 16.0 Å². The van der Waals surface area contributed by atoms with Crippen LogP contribution < -0.4 is 10.2 Å². The van der Waals surface area contributed by atoms with Crippen LogP contribution in [0, 0.1) is 13.8 Å². The summed E-state index contributed by atoms with van der Waals surface area (Å²) >= 11 is 1.40. The van der Waals surface area contributed by atoms with E-state index in [4.69, 9.17) is 0 Å². The third-order valence-corrected chi connectivity index (χ3v) is 5.51. The van der Waals surface area contributed by atoms with Gasteiger partial charge in [-0.25, -0.2) is 9.67 Å². The molecule has 0 aliphatic carbocycles. The maximum absolute atomic E-state index is 12.6. The lowest BCUT2D eigenvalue weighted by Crippen LogP contribution is -2.23. The van der Waals surface area contributed by atoms with Gasteiger partial charge in [0.2, 0.25) is 11.8 Å². The number of anilines is 2. The summed E-state index contributed by atoms with van der Waals surface area (Å²) in [6.45, 7) is 4.62. The van der Waals surface area contributed by atoms with Crippen LogP contribution in [0.5, 0.6) is 0 Å². The number of carbonyl (C=O) groups excluding carboxylic acids is 2. The molecule has 1 aliphatic heterocycles. The van der Waals surface area contributed by atoms with Crippen molar-refractivity contribution in [1.29, 1.82) is 0 Å². The number of hydrogen-bond acceptors (Lipinski definition) is 5. The number of thiazole rings is 1. The lowest BCUT2D eigenvalue weighted by molar-refractivity contribution is -0.117. The number of carbonyl (C=O) groups is 2. The van der Waals surface area contributed by atoms with Crippen molar-refractivity contribution in [3.05, 3.63) is 52.8 Å². The smallest absolute Gasteiger partial charge is 0.230 e. The van der Waals surface area contributed by atoms with E-state index in [1.807, 2.05) is 54.2 Å². The Kier molecular flexibility index (Phi) is 4.95. The Balaban J connectivity index is 1.48. The summed E-state index contributed by atoms with van der Waals surface area (Å²) in [7, 11) is 0. The lowest BCUT2D eigenvalue weighted by Gasteiger charge is -2.12. The second-order valence-electron chi connectivity index (χ2n) is 6.85. The van der Waals surface area contributed by atoms with Gasteiger partial charge in [-0.15, -0.1) is 11.3 Å². The molecular formula is C20H21N5O2S. The topological polar surface area (TPSA) is 80.1 Å². The van der Waals surface area contributed by atoms with Crippen LogP contribution in [0.15, 0.2) is 35.7 Å². The first kappa shape index (κ1) is 18.4. The van der Waals surface area contributed by atoms with Crippen molar-refractivity contribution in [3.63, 3.8) is 0 Å². The van der Waals surface area contributed by atoms with Gasteiger partial charge in [-0.2, -0.15) is 5.10 Å². The summed E-state index contributed by atoms with van der Waals surface area (Å²) in [5.74, 6) is -0.0530. The minimum atomic E-state index is -0.154. The highest BCUT2D eigenvalue weighted by Gasteiger charge is 2.24. The predicted octanol–water partition coefficient (Wildman–Crippen LogP) is 3.25. The first-order valence-electron chi connectivity index (χ1n) is 9.18. The highest BCUT2D eigenvalue weighted by atomic mass is 32.1. The lowest BCUT2D eigenvalue weighted by atomic mass is 10.2. The summed E-state index contributed by atoms with van der Waals surface area (Å²) in [6.07, 6.45) is 1.58. The van der Waals surface area contributed by atoms with Crippen LogP contribution in [0.4, 0.5) is 10.8 Å². The van der Waals surface area contributed by atoms with Crippen molar-refractivity contribution < 1.29 is 9.59 Å². The fourth-order valence-electron chi connectivity index (χ4n) is 3.35. The number of para-hydroxylation sites is 2. The minimum Gasteiger partial charge on any atom is -0.324 e. The fraction of sp³-hybridized carbons (Fsp3) is 0.300. The minimum absolute atomic E-state index is 0.101. The van der Waals surface area contributed by atoms with E-state index in [1.54, 1.807) is 4.90 Å². The van der Waals surface area contributed by atoms with Gasteiger partial charge < -0.3 is 5.32 Å². The third-order valence-electron chi connectivity index (χ3n) is 4.60. The maximum atomic E-state index is 12.6. The molecule has 1 aliphatic rings. The molecule has 1 aromatic carbocycles. The molecule has 1 N–H and O–H groups in total.